The first-order chi connectivity index (χ1) is 7.57. The summed E-state index contributed by atoms with van der Waals surface area (Å²) < 4.78 is 24.9. The van der Waals surface area contributed by atoms with Gasteiger partial charge in [-0.2, -0.15) is 0 Å². The fourth-order valence-electron chi connectivity index (χ4n) is 1.28. The highest BCUT2D eigenvalue weighted by molar-refractivity contribution is 7.90. The summed E-state index contributed by atoms with van der Waals surface area (Å²) in [5.41, 5.74) is 5.45. The van der Waals surface area contributed by atoms with Crippen LogP contribution in [0.1, 0.15) is 34.6 Å². The van der Waals surface area contributed by atoms with Crippen LogP contribution in [-0.4, -0.2) is 41.6 Å². The predicted molar refractivity (Wildman–Crippen MR) is 68.5 cm³/mol. The Morgan fingerprint density at radius 3 is 2.24 bits per heavy atom. The van der Waals surface area contributed by atoms with Gasteiger partial charge in [-0.3, -0.25) is 0 Å². The summed E-state index contributed by atoms with van der Waals surface area (Å²) in [6.07, 6.45) is 0. The topological polar surface area (TPSA) is 96.0 Å². The van der Waals surface area contributed by atoms with Crippen LogP contribution in [0.15, 0.2) is 5.16 Å². The van der Waals surface area contributed by atoms with E-state index in [0.717, 1.165) is 0 Å². The summed E-state index contributed by atoms with van der Waals surface area (Å²) in [7, 11) is -3.38. The Morgan fingerprint density at radius 1 is 1.47 bits per heavy atom. The Morgan fingerprint density at radius 2 is 1.94 bits per heavy atom. The lowest BCUT2D eigenvalue weighted by atomic mass is 10.1. The van der Waals surface area contributed by atoms with Crippen LogP contribution in [-0.2, 0) is 10.0 Å². The standard InChI is InChI=1S/C10H23N3O3S/c1-6-13(7-8(2)9(11)12-14)17(15,16)10(3,4)5/h8,14H,6-7H2,1-5H3,(H2,11,12). The minimum absolute atomic E-state index is 0.0348. The van der Waals surface area contributed by atoms with Crippen molar-refractivity contribution in [1.29, 1.82) is 0 Å². The molecule has 102 valence electrons. The van der Waals surface area contributed by atoms with E-state index >= 15 is 0 Å². The minimum atomic E-state index is -3.38. The normalized spacial score (nSPS) is 16.2. The highest BCUT2D eigenvalue weighted by Gasteiger charge is 2.35. The van der Waals surface area contributed by atoms with E-state index in [1.54, 1.807) is 34.6 Å². The van der Waals surface area contributed by atoms with Crippen LogP contribution >= 0.6 is 0 Å². The molecule has 17 heavy (non-hydrogen) atoms. The second-order valence-electron chi connectivity index (χ2n) is 4.99. The first kappa shape index (κ1) is 16.2. The van der Waals surface area contributed by atoms with Crippen LogP contribution in [0.4, 0.5) is 0 Å². The van der Waals surface area contributed by atoms with Crippen LogP contribution < -0.4 is 5.73 Å². The molecule has 0 fully saturated rings. The lowest BCUT2D eigenvalue weighted by molar-refractivity contribution is 0.310. The third-order valence-electron chi connectivity index (χ3n) is 2.56. The monoisotopic (exact) mass is 265 g/mol. The van der Waals surface area contributed by atoms with Crippen molar-refractivity contribution in [2.75, 3.05) is 13.1 Å². The van der Waals surface area contributed by atoms with E-state index in [1.807, 2.05) is 0 Å². The van der Waals surface area contributed by atoms with Crippen LogP contribution in [0.25, 0.3) is 0 Å². The molecule has 0 aliphatic heterocycles. The highest BCUT2D eigenvalue weighted by Crippen LogP contribution is 2.21. The molecule has 0 heterocycles. The number of nitrogens with two attached hydrogens (primary N) is 1. The maximum absolute atomic E-state index is 12.2. The fourth-order valence-corrected chi connectivity index (χ4v) is 2.82. The van der Waals surface area contributed by atoms with E-state index in [2.05, 4.69) is 5.16 Å². The molecule has 0 saturated heterocycles. The third-order valence-corrected chi connectivity index (χ3v) is 5.20. The number of sulfonamides is 1. The molecule has 6 nitrogen and oxygen atoms in total. The summed E-state index contributed by atoms with van der Waals surface area (Å²) in [4.78, 5) is 0. The molecule has 0 aromatic carbocycles. The zero-order valence-electron chi connectivity index (χ0n) is 11.1. The molecule has 1 atom stereocenters. The Bertz CT molecular complexity index is 371. The highest BCUT2D eigenvalue weighted by atomic mass is 32.2. The molecular weight excluding hydrogens is 242 g/mol. The van der Waals surface area contributed by atoms with Crippen molar-refractivity contribution < 1.29 is 13.6 Å². The number of hydrogen-bond acceptors (Lipinski definition) is 4. The average Bonchev–Trinajstić information content (AvgIpc) is 2.22. The summed E-state index contributed by atoms with van der Waals surface area (Å²) >= 11 is 0. The summed E-state index contributed by atoms with van der Waals surface area (Å²) in [6.45, 7) is 9.02. The number of oxime groups is 1. The lowest BCUT2D eigenvalue weighted by Gasteiger charge is -2.30. The maximum Gasteiger partial charge on any atom is 0.219 e. The van der Waals surface area contributed by atoms with E-state index < -0.39 is 14.8 Å². The SMILES string of the molecule is CCN(CC(C)/C(N)=N/O)S(=O)(=O)C(C)(C)C. The zero-order chi connectivity index (χ0) is 13.9. The van der Waals surface area contributed by atoms with E-state index in [1.165, 1.54) is 4.31 Å². The Hall–Kier alpha value is -0.820. The molecule has 0 radical (unpaired) electrons. The van der Waals surface area contributed by atoms with E-state index in [4.69, 9.17) is 10.9 Å². The average molecular weight is 265 g/mol. The van der Waals surface area contributed by atoms with Crippen LogP contribution in [0, 0.1) is 5.92 Å². The number of hydrogen-bond donors (Lipinski definition) is 2. The molecule has 0 aromatic heterocycles. The zero-order valence-corrected chi connectivity index (χ0v) is 12.0. The van der Waals surface area contributed by atoms with Crippen molar-refractivity contribution in [2.24, 2.45) is 16.8 Å². The van der Waals surface area contributed by atoms with Gasteiger partial charge in [-0.15, -0.1) is 0 Å². The molecule has 0 aliphatic rings. The quantitative estimate of drug-likeness (QED) is 0.333. The number of nitrogens with zero attached hydrogens (tertiary/aromatic N) is 2. The summed E-state index contributed by atoms with van der Waals surface area (Å²) in [5, 5.41) is 11.4. The van der Waals surface area contributed by atoms with Crippen molar-refractivity contribution >= 4 is 15.9 Å². The first-order valence-corrected chi connectivity index (χ1v) is 6.99. The second kappa shape index (κ2) is 5.68. The lowest BCUT2D eigenvalue weighted by Crippen LogP contribution is -2.46. The Kier molecular flexibility index (Phi) is 5.41. The molecular formula is C10H23N3O3S. The van der Waals surface area contributed by atoms with Gasteiger partial charge in [-0.05, 0) is 20.8 Å². The van der Waals surface area contributed by atoms with E-state index in [0.29, 0.717) is 6.54 Å². The summed E-state index contributed by atoms with van der Waals surface area (Å²) in [6, 6.07) is 0. The van der Waals surface area contributed by atoms with Gasteiger partial charge in [0, 0.05) is 19.0 Å². The van der Waals surface area contributed by atoms with Crippen LogP contribution in [0.2, 0.25) is 0 Å². The van der Waals surface area contributed by atoms with Gasteiger partial charge in [-0.25, -0.2) is 12.7 Å². The Balaban J connectivity index is 5.01. The smallest absolute Gasteiger partial charge is 0.219 e. The largest absolute Gasteiger partial charge is 0.409 e. The van der Waals surface area contributed by atoms with Gasteiger partial charge >= 0.3 is 0 Å². The molecule has 0 aromatic rings. The predicted octanol–water partition coefficient (Wildman–Crippen LogP) is 0.819. The number of amidine groups is 1. The van der Waals surface area contributed by atoms with Crippen LogP contribution in [0.3, 0.4) is 0 Å². The molecule has 1 unspecified atom stereocenters. The van der Waals surface area contributed by atoms with Crippen molar-refractivity contribution in [2.45, 2.75) is 39.4 Å². The van der Waals surface area contributed by atoms with Gasteiger partial charge in [0.15, 0.2) is 0 Å². The Labute approximate surface area is 104 Å². The second-order valence-corrected chi connectivity index (χ2v) is 7.69. The van der Waals surface area contributed by atoms with Crippen molar-refractivity contribution in [3.05, 3.63) is 0 Å². The van der Waals surface area contributed by atoms with Crippen molar-refractivity contribution in [3.63, 3.8) is 0 Å². The molecule has 3 N–H and O–H groups in total. The summed E-state index contributed by atoms with van der Waals surface area (Å²) in [5.74, 6) is -0.287. The molecule has 0 amide bonds. The minimum Gasteiger partial charge on any atom is -0.409 e. The molecule has 0 saturated carbocycles. The fraction of sp³-hybridized carbons (Fsp3) is 0.900. The first-order valence-electron chi connectivity index (χ1n) is 5.55. The van der Waals surface area contributed by atoms with Gasteiger partial charge in [-0.1, -0.05) is 19.0 Å². The molecule has 0 aliphatic carbocycles. The van der Waals surface area contributed by atoms with Crippen molar-refractivity contribution in [1.82, 2.24) is 4.31 Å². The molecule has 0 bridgehead atoms. The molecule has 7 heteroatoms. The van der Waals surface area contributed by atoms with Gasteiger partial charge in [0.05, 0.1) is 4.75 Å². The van der Waals surface area contributed by atoms with E-state index in [-0.39, 0.29) is 18.3 Å². The van der Waals surface area contributed by atoms with Gasteiger partial charge < -0.3 is 10.9 Å². The maximum atomic E-state index is 12.2. The van der Waals surface area contributed by atoms with E-state index in [9.17, 15) is 8.42 Å². The van der Waals surface area contributed by atoms with Crippen molar-refractivity contribution in [3.8, 4) is 0 Å². The molecule has 0 rings (SSSR count). The van der Waals surface area contributed by atoms with Gasteiger partial charge in [0.1, 0.15) is 5.84 Å². The molecule has 0 spiro atoms. The van der Waals surface area contributed by atoms with Gasteiger partial charge in [0.25, 0.3) is 0 Å². The van der Waals surface area contributed by atoms with Crippen LogP contribution in [0.5, 0.6) is 0 Å². The van der Waals surface area contributed by atoms with Gasteiger partial charge in [0.2, 0.25) is 10.0 Å². The third kappa shape index (κ3) is 3.85. The number of rotatable bonds is 5.